The van der Waals surface area contributed by atoms with Crippen LogP contribution in [0.4, 0.5) is 0 Å². The molecule has 0 aromatic rings. The Labute approximate surface area is 101 Å². The number of hydrogen-bond acceptors (Lipinski definition) is 1. The van der Waals surface area contributed by atoms with Crippen molar-refractivity contribution < 1.29 is 0 Å². The van der Waals surface area contributed by atoms with Gasteiger partial charge in [-0.15, -0.1) is 0 Å². The van der Waals surface area contributed by atoms with E-state index >= 15 is 0 Å². The van der Waals surface area contributed by atoms with E-state index in [9.17, 15) is 0 Å². The molecule has 94 valence electrons. The quantitative estimate of drug-likeness (QED) is 0.614. The molecule has 0 spiro atoms. The molecule has 0 aliphatic heterocycles. The highest BCUT2D eigenvalue weighted by molar-refractivity contribution is 4.99. The summed E-state index contributed by atoms with van der Waals surface area (Å²) >= 11 is 0. The minimum Gasteiger partial charge on any atom is -0.314 e. The van der Waals surface area contributed by atoms with Gasteiger partial charge in [0.05, 0.1) is 0 Å². The van der Waals surface area contributed by atoms with E-state index in [1.165, 1.54) is 51.5 Å². The summed E-state index contributed by atoms with van der Waals surface area (Å²) in [5.41, 5.74) is 0. The van der Waals surface area contributed by atoms with Crippen molar-refractivity contribution in [1.82, 2.24) is 5.32 Å². The van der Waals surface area contributed by atoms with E-state index in [2.05, 4.69) is 19.2 Å². The van der Waals surface area contributed by atoms with Crippen molar-refractivity contribution in [3.8, 4) is 0 Å². The first-order valence-corrected chi connectivity index (χ1v) is 7.58. The summed E-state index contributed by atoms with van der Waals surface area (Å²) in [5, 5.41) is 3.81. The number of rotatable bonds is 8. The van der Waals surface area contributed by atoms with Crippen LogP contribution in [0.15, 0.2) is 0 Å². The molecule has 0 aromatic heterocycles. The fourth-order valence-corrected chi connectivity index (χ4v) is 3.54. The Kier molecular flexibility index (Phi) is 4.69. The molecule has 2 aliphatic carbocycles. The van der Waals surface area contributed by atoms with Gasteiger partial charge in [-0.3, -0.25) is 0 Å². The highest BCUT2D eigenvalue weighted by atomic mass is 14.9. The van der Waals surface area contributed by atoms with Crippen molar-refractivity contribution in [2.24, 2.45) is 17.8 Å². The molecule has 1 N–H and O–H groups in total. The molecule has 3 atom stereocenters. The van der Waals surface area contributed by atoms with E-state index < -0.39 is 0 Å². The van der Waals surface area contributed by atoms with Crippen LogP contribution in [0, 0.1) is 17.8 Å². The molecule has 2 saturated carbocycles. The third-order valence-corrected chi connectivity index (χ3v) is 4.62. The minimum atomic E-state index is 0.847. The van der Waals surface area contributed by atoms with E-state index in [1.54, 1.807) is 6.42 Å². The predicted octanol–water partition coefficient (Wildman–Crippen LogP) is 3.98. The Morgan fingerprint density at radius 2 is 1.75 bits per heavy atom. The summed E-state index contributed by atoms with van der Waals surface area (Å²) in [6, 6.07) is 0.847. The van der Waals surface area contributed by atoms with Crippen LogP contribution in [-0.4, -0.2) is 12.6 Å². The van der Waals surface area contributed by atoms with E-state index in [-0.39, 0.29) is 0 Å². The summed E-state index contributed by atoms with van der Waals surface area (Å²) in [4.78, 5) is 0. The lowest BCUT2D eigenvalue weighted by atomic mass is 9.90. The summed E-state index contributed by atoms with van der Waals surface area (Å²) < 4.78 is 0. The van der Waals surface area contributed by atoms with Crippen LogP contribution in [0.25, 0.3) is 0 Å². The van der Waals surface area contributed by atoms with Gasteiger partial charge in [0.2, 0.25) is 0 Å². The van der Waals surface area contributed by atoms with Gasteiger partial charge < -0.3 is 5.32 Å². The fraction of sp³-hybridized carbons (Fsp3) is 1.00. The molecule has 1 heteroatoms. The molecular formula is C15H29N. The van der Waals surface area contributed by atoms with Gasteiger partial charge in [-0.2, -0.15) is 0 Å². The molecular weight excluding hydrogens is 194 g/mol. The topological polar surface area (TPSA) is 12.0 Å². The summed E-state index contributed by atoms with van der Waals surface area (Å²) in [6.07, 6.45) is 11.6. The Morgan fingerprint density at radius 3 is 2.38 bits per heavy atom. The van der Waals surface area contributed by atoms with Gasteiger partial charge in [-0.1, -0.05) is 33.1 Å². The van der Waals surface area contributed by atoms with Gasteiger partial charge in [0.15, 0.2) is 0 Å². The minimum absolute atomic E-state index is 0.847. The van der Waals surface area contributed by atoms with Crippen molar-refractivity contribution >= 4 is 0 Å². The first-order valence-electron chi connectivity index (χ1n) is 7.58. The first-order chi connectivity index (χ1) is 7.85. The largest absolute Gasteiger partial charge is 0.314 e. The van der Waals surface area contributed by atoms with Crippen LogP contribution in [-0.2, 0) is 0 Å². The van der Waals surface area contributed by atoms with Crippen LogP contribution in [0.3, 0.4) is 0 Å². The zero-order valence-electron chi connectivity index (χ0n) is 11.2. The van der Waals surface area contributed by atoms with Crippen LogP contribution in [0.2, 0.25) is 0 Å². The normalized spacial score (nSPS) is 33.8. The molecule has 2 rings (SSSR count). The second-order valence-corrected chi connectivity index (χ2v) is 6.04. The Bertz CT molecular complexity index is 192. The maximum Gasteiger partial charge on any atom is 0.00955 e. The average Bonchev–Trinajstić information content (AvgIpc) is 2.91. The number of nitrogens with one attached hydrogen (secondary N) is 1. The van der Waals surface area contributed by atoms with E-state index in [0.29, 0.717) is 0 Å². The molecule has 0 radical (unpaired) electrons. The highest BCUT2D eigenvalue weighted by Crippen LogP contribution is 2.55. The first kappa shape index (κ1) is 12.4. The summed E-state index contributed by atoms with van der Waals surface area (Å²) in [7, 11) is 0. The van der Waals surface area contributed by atoms with Gasteiger partial charge in [0.1, 0.15) is 0 Å². The molecule has 16 heavy (non-hydrogen) atoms. The predicted molar refractivity (Wildman–Crippen MR) is 70.5 cm³/mol. The van der Waals surface area contributed by atoms with E-state index in [1.807, 2.05) is 0 Å². The zero-order chi connectivity index (χ0) is 11.4. The van der Waals surface area contributed by atoms with Crippen molar-refractivity contribution in [2.75, 3.05) is 6.54 Å². The monoisotopic (exact) mass is 223 g/mol. The van der Waals surface area contributed by atoms with E-state index in [4.69, 9.17) is 0 Å². The molecule has 2 fully saturated rings. The molecule has 3 unspecified atom stereocenters. The molecule has 1 nitrogen and oxygen atoms in total. The molecule has 0 heterocycles. The van der Waals surface area contributed by atoms with Gasteiger partial charge in [0, 0.05) is 6.04 Å². The molecule has 2 aliphatic rings. The lowest BCUT2D eigenvalue weighted by Gasteiger charge is -2.26. The number of fused-ring (bicyclic) bond motifs is 1. The molecule has 0 aromatic carbocycles. The second-order valence-electron chi connectivity index (χ2n) is 6.04. The Hall–Kier alpha value is -0.0400. The smallest absolute Gasteiger partial charge is 0.00955 e. The lowest BCUT2D eigenvalue weighted by molar-refractivity contribution is 0.311. The van der Waals surface area contributed by atoms with Crippen molar-refractivity contribution in [3.05, 3.63) is 0 Å². The number of hydrogen-bond donors (Lipinski definition) is 1. The summed E-state index contributed by atoms with van der Waals surface area (Å²) in [5.74, 6) is 3.30. The third-order valence-electron chi connectivity index (χ3n) is 4.62. The van der Waals surface area contributed by atoms with Gasteiger partial charge >= 0.3 is 0 Å². The molecule has 0 bridgehead atoms. The van der Waals surface area contributed by atoms with Gasteiger partial charge in [0.25, 0.3) is 0 Å². The fourth-order valence-electron chi connectivity index (χ4n) is 3.54. The molecule has 0 amide bonds. The summed E-state index contributed by atoms with van der Waals surface area (Å²) in [6.45, 7) is 5.81. The van der Waals surface area contributed by atoms with Crippen LogP contribution in [0.5, 0.6) is 0 Å². The lowest BCUT2D eigenvalue weighted by Crippen LogP contribution is -2.36. The van der Waals surface area contributed by atoms with Gasteiger partial charge in [-0.05, 0) is 56.4 Å². The average molecular weight is 223 g/mol. The zero-order valence-corrected chi connectivity index (χ0v) is 11.2. The van der Waals surface area contributed by atoms with Gasteiger partial charge in [-0.25, -0.2) is 0 Å². The van der Waals surface area contributed by atoms with Crippen molar-refractivity contribution in [3.63, 3.8) is 0 Å². The third kappa shape index (κ3) is 3.23. The SMILES string of the molecule is CCCCCC(NCCC)C1CC2CC2C1. The highest BCUT2D eigenvalue weighted by Gasteiger charge is 2.47. The molecule has 0 saturated heterocycles. The Balaban J connectivity index is 1.72. The van der Waals surface area contributed by atoms with Crippen molar-refractivity contribution in [1.29, 1.82) is 0 Å². The standard InChI is InChI=1S/C15H29N/c1-3-5-6-7-15(16-8-4-2)14-10-12-9-13(12)11-14/h12-16H,3-11H2,1-2H3. The second kappa shape index (κ2) is 6.05. The maximum absolute atomic E-state index is 3.81. The van der Waals surface area contributed by atoms with Crippen molar-refractivity contribution in [2.45, 2.75) is 71.3 Å². The van der Waals surface area contributed by atoms with Crippen LogP contribution in [0.1, 0.15) is 65.2 Å². The van der Waals surface area contributed by atoms with Crippen LogP contribution < -0.4 is 5.32 Å². The Morgan fingerprint density at radius 1 is 1.00 bits per heavy atom. The number of unbranched alkanes of at least 4 members (excludes halogenated alkanes) is 2. The maximum atomic E-state index is 3.81. The van der Waals surface area contributed by atoms with Crippen LogP contribution >= 0.6 is 0 Å². The van der Waals surface area contributed by atoms with E-state index in [0.717, 1.165) is 23.8 Å².